The van der Waals surface area contributed by atoms with E-state index in [0.29, 0.717) is 0 Å². The van der Waals surface area contributed by atoms with Crippen molar-refractivity contribution in [3.05, 3.63) is 242 Å². The summed E-state index contributed by atoms with van der Waals surface area (Å²) >= 11 is 14.2. The topological polar surface area (TPSA) is 51.2 Å². The molecule has 66 heavy (non-hydrogen) atoms. The molecule has 0 unspecified atom stereocenters. The molecule has 0 spiro atoms. The van der Waals surface area contributed by atoms with Crippen LogP contribution in [0.3, 0.4) is 0 Å². The maximum absolute atomic E-state index is 13.1. The second-order valence-corrected chi connectivity index (χ2v) is 20.0. The highest BCUT2D eigenvalue weighted by molar-refractivity contribution is 9.11. The molecule has 0 aliphatic carbocycles. The Bertz CT molecular complexity index is 4020. The van der Waals surface area contributed by atoms with Gasteiger partial charge in [-0.05, 0) is 110 Å². The second-order valence-electron chi connectivity index (χ2n) is 16.4. The lowest BCUT2D eigenvalue weighted by Gasteiger charge is -2.02. The van der Waals surface area contributed by atoms with Crippen molar-refractivity contribution in [1.29, 1.82) is 0 Å². The molecule has 3 nitrogen and oxygen atoms in total. The predicted octanol–water partition coefficient (Wildman–Crippen LogP) is 17.2. The number of aryl methyl sites for hydroxylation is 2. The number of halogens is 4. The van der Waals surface area contributed by atoms with Crippen LogP contribution in [0.4, 0.5) is 0 Å². The van der Waals surface area contributed by atoms with Crippen molar-refractivity contribution in [2.75, 3.05) is 0 Å². The molecule has 0 saturated heterocycles. The lowest BCUT2D eigenvalue weighted by Crippen LogP contribution is -1.98. The number of benzene rings is 9. The van der Waals surface area contributed by atoms with Gasteiger partial charge in [0.1, 0.15) is 0 Å². The highest BCUT2D eigenvalue weighted by atomic mass is 79.9. The first-order chi connectivity index (χ1) is 32.0. The first-order valence-corrected chi connectivity index (χ1v) is 24.5. The van der Waals surface area contributed by atoms with Crippen LogP contribution in [0.2, 0.25) is 0 Å². The summed E-state index contributed by atoms with van der Waals surface area (Å²) in [5, 5.41) is 17.1. The van der Waals surface area contributed by atoms with Crippen molar-refractivity contribution in [2.24, 2.45) is 0 Å². The molecule has 0 bridgehead atoms. The van der Waals surface area contributed by atoms with E-state index in [1.54, 1.807) is 0 Å². The van der Waals surface area contributed by atoms with Crippen molar-refractivity contribution < 1.29 is 0 Å². The van der Waals surface area contributed by atoms with Gasteiger partial charge in [-0.2, -0.15) is 0 Å². The van der Waals surface area contributed by atoms with Crippen LogP contribution >= 0.6 is 63.7 Å². The molecular formula is C59H36Br4O3. The number of rotatable bonds is 0. The van der Waals surface area contributed by atoms with E-state index >= 15 is 0 Å². The van der Waals surface area contributed by atoms with E-state index in [-0.39, 0.29) is 16.3 Å². The zero-order valence-electron chi connectivity index (χ0n) is 35.6. The normalized spacial score (nSPS) is 11.4. The first-order valence-electron chi connectivity index (χ1n) is 21.3. The minimum atomic E-state index is 0.0591. The third-order valence-corrected chi connectivity index (χ3v) is 14.6. The number of hydrogen-bond donors (Lipinski definition) is 0. The van der Waals surface area contributed by atoms with E-state index in [1.807, 2.05) is 133 Å². The average molecular weight is 1110 g/mol. The Labute approximate surface area is 412 Å². The molecule has 7 heteroatoms. The molecular weight excluding hydrogens is 1080 g/mol. The van der Waals surface area contributed by atoms with Gasteiger partial charge in [0.25, 0.3) is 0 Å². The fraction of sp³-hybridized carbons (Fsp3) is 0.0339. The highest BCUT2D eigenvalue weighted by Crippen LogP contribution is 2.36. The maximum Gasteiger partial charge on any atom is 0.194 e. The van der Waals surface area contributed by atoms with E-state index in [4.69, 9.17) is 0 Å². The van der Waals surface area contributed by atoms with Crippen molar-refractivity contribution >= 4 is 161 Å². The Morgan fingerprint density at radius 2 is 0.561 bits per heavy atom. The fourth-order valence-corrected chi connectivity index (χ4v) is 11.2. The molecule has 0 atom stereocenters. The molecule has 12 rings (SSSR count). The molecule has 12 aromatic carbocycles. The van der Waals surface area contributed by atoms with Crippen LogP contribution in [-0.4, -0.2) is 0 Å². The lowest BCUT2D eigenvalue weighted by molar-refractivity contribution is 1.51. The summed E-state index contributed by atoms with van der Waals surface area (Å²) in [4.78, 5) is 39.1. The van der Waals surface area contributed by atoms with Gasteiger partial charge >= 0.3 is 0 Å². The van der Waals surface area contributed by atoms with Crippen LogP contribution in [-0.2, 0) is 0 Å². The van der Waals surface area contributed by atoms with E-state index in [0.717, 1.165) is 126 Å². The quantitative estimate of drug-likeness (QED) is 0.152. The zero-order chi connectivity index (χ0) is 45.8. The van der Waals surface area contributed by atoms with Crippen LogP contribution in [0.25, 0.3) is 97.0 Å². The minimum Gasteiger partial charge on any atom is -0.289 e. The van der Waals surface area contributed by atoms with E-state index in [2.05, 4.69) is 126 Å². The summed E-state index contributed by atoms with van der Waals surface area (Å²) in [6.07, 6.45) is 0. The maximum atomic E-state index is 13.1. The lowest BCUT2D eigenvalue weighted by atomic mass is 10.0. The van der Waals surface area contributed by atoms with E-state index in [1.165, 1.54) is 0 Å². The summed E-state index contributed by atoms with van der Waals surface area (Å²) in [6.45, 7) is 4.12. The predicted molar refractivity (Wildman–Crippen MR) is 296 cm³/mol. The second kappa shape index (κ2) is 17.9. The summed E-state index contributed by atoms with van der Waals surface area (Å²) < 4.78 is 3.79. The van der Waals surface area contributed by atoms with Crippen LogP contribution in [0.1, 0.15) is 11.1 Å². The summed E-state index contributed by atoms with van der Waals surface area (Å²) in [5.74, 6) is 0. The molecule has 0 aliphatic heterocycles. The Hall–Kier alpha value is -6.09. The van der Waals surface area contributed by atoms with E-state index < -0.39 is 0 Å². The monoisotopic (exact) mass is 1110 g/mol. The van der Waals surface area contributed by atoms with Gasteiger partial charge in [-0.1, -0.05) is 214 Å². The van der Waals surface area contributed by atoms with Crippen LogP contribution in [0, 0.1) is 13.8 Å². The number of fused-ring (bicyclic) bond motifs is 15. The Kier molecular flexibility index (Phi) is 11.9. The summed E-state index contributed by atoms with van der Waals surface area (Å²) in [5.41, 5.74) is 2.56. The average Bonchev–Trinajstić information content (AvgIpc) is 3.56. The molecule has 0 fully saturated rings. The largest absolute Gasteiger partial charge is 0.289 e. The molecule has 12 aromatic rings. The van der Waals surface area contributed by atoms with Gasteiger partial charge in [0, 0.05) is 61.0 Å². The van der Waals surface area contributed by atoms with Crippen molar-refractivity contribution in [3.63, 3.8) is 0 Å². The molecule has 0 aromatic heterocycles. The Morgan fingerprint density at radius 3 is 1.02 bits per heavy atom. The standard InChI is InChI=1S/2C20H13BrO.C19H10Br2O/c1-12-6-8-17-18(10-12)15-5-3-2-4-14(15)16-9-7-13(21)11-19(16)20(17)22;1-12-6-8-16-18(10-12)14-4-2-3-5-15(14)19-11-13(21)7-9-17(19)20(16)22;20-15-9-3-7-13-17(15)11-5-1-2-6-12(11)18-14(19(13)22)8-4-10-16(18)21/h2*2-11H,1H3;1-10H. The number of hydrogen-bond acceptors (Lipinski definition) is 3. The molecule has 0 heterocycles. The van der Waals surface area contributed by atoms with Gasteiger partial charge in [-0.15, -0.1) is 0 Å². The van der Waals surface area contributed by atoms with E-state index in [9.17, 15) is 14.4 Å². The molecule has 0 aliphatic rings. The smallest absolute Gasteiger partial charge is 0.194 e. The Morgan fingerprint density at radius 1 is 0.258 bits per heavy atom. The van der Waals surface area contributed by atoms with Gasteiger partial charge in [-0.3, -0.25) is 14.4 Å². The van der Waals surface area contributed by atoms with Gasteiger partial charge in [-0.25, -0.2) is 0 Å². The van der Waals surface area contributed by atoms with Gasteiger partial charge in [0.15, 0.2) is 16.3 Å². The molecule has 0 amide bonds. The molecule has 0 radical (unpaired) electrons. The van der Waals surface area contributed by atoms with Gasteiger partial charge < -0.3 is 0 Å². The summed E-state index contributed by atoms with van der Waals surface area (Å²) in [7, 11) is 0. The molecule has 0 N–H and O–H groups in total. The van der Waals surface area contributed by atoms with Crippen LogP contribution < -0.4 is 16.3 Å². The third kappa shape index (κ3) is 7.82. The van der Waals surface area contributed by atoms with Gasteiger partial charge in [0.05, 0.1) is 0 Å². The molecule has 318 valence electrons. The van der Waals surface area contributed by atoms with Crippen LogP contribution in [0.15, 0.2) is 214 Å². The fourth-order valence-electron chi connectivity index (χ4n) is 9.27. The minimum absolute atomic E-state index is 0.0591. The van der Waals surface area contributed by atoms with Crippen LogP contribution in [0.5, 0.6) is 0 Å². The first kappa shape index (κ1) is 43.8. The van der Waals surface area contributed by atoms with Crippen molar-refractivity contribution in [3.8, 4) is 0 Å². The SMILES string of the molecule is Cc1ccc2c(=O)c3cc(Br)ccc3c3ccccc3c2c1.Cc1ccc2c(=O)c3ccc(Br)cc3c3ccccc3c2c1.O=c1c2cccc(Br)c2c2ccccc2c2c(Br)cccc12. The highest BCUT2D eigenvalue weighted by Gasteiger charge is 2.14. The zero-order valence-corrected chi connectivity index (χ0v) is 41.9. The van der Waals surface area contributed by atoms with Gasteiger partial charge in [0.2, 0.25) is 0 Å². The van der Waals surface area contributed by atoms with Crippen molar-refractivity contribution in [2.45, 2.75) is 13.8 Å². The third-order valence-electron chi connectivity index (χ3n) is 12.3. The Balaban J connectivity index is 0.000000116. The summed E-state index contributed by atoms with van der Waals surface area (Å²) in [6, 6.07) is 60.1. The van der Waals surface area contributed by atoms with Crippen molar-refractivity contribution in [1.82, 2.24) is 0 Å². The molecule has 0 saturated carbocycles.